The molecule has 6 heteroatoms. The quantitative estimate of drug-likeness (QED) is 0.810. The van der Waals surface area contributed by atoms with Crippen molar-refractivity contribution in [3.63, 3.8) is 0 Å². The maximum Gasteiger partial charge on any atom is 0.245 e. The third-order valence-corrected chi connectivity index (χ3v) is 4.67. The van der Waals surface area contributed by atoms with E-state index in [2.05, 4.69) is 0 Å². The Bertz CT molecular complexity index is 486. The van der Waals surface area contributed by atoms with Crippen molar-refractivity contribution < 1.29 is 17.5 Å². The van der Waals surface area contributed by atoms with Crippen LogP contribution in [0.1, 0.15) is 13.3 Å². The van der Waals surface area contributed by atoms with Gasteiger partial charge in [0.15, 0.2) is 0 Å². The van der Waals surface area contributed by atoms with Crippen LogP contribution in [0.2, 0.25) is 0 Å². The second-order valence-electron chi connectivity index (χ2n) is 3.89. The summed E-state index contributed by atoms with van der Waals surface area (Å²) < 4.78 is 43.8. The van der Waals surface area contributed by atoms with E-state index in [1.807, 2.05) is 0 Å². The summed E-state index contributed by atoms with van der Waals surface area (Å²) >= 11 is 0. The van der Waals surface area contributed by atoms with Gasteiger partial charge in [-0.15, -0.1) is 0 Å². The molecule has 0 aliphatic carbocycles. The van der Waals surface area contributed by atoms with Crippen molar-refractivity contribution in [3.8, 4) is 0 Å². The topological polar surface area (TPSA) is 46.6 Å². The second-order valence-corrected chi connectivity index (χ2v) is 5.78. The fourth-order valence-corrected chi connectivity index (χ4v) is 3.37. The van der Waals surface area contributed by atoms with Gasteiger partial charge in [-0.3, -0.25) is 0 Å². The second kappa shape index (κ2) is 4.72. The molecule has 1 fully saturated rings. The Morgan fingerprint density at radius 2 is 2.00 bits per heavy atom. The monoisotopic (exact) mass is 259 g/mol. The van der Waals surface area contributed by atoms with Gasteiger partial charge >= 0.3 is 0 Å². The molecule has 1 saturated heterocycles. The maximum atomic E-state index is 12.8. The lowest BCUT2D eigenvalue weighted by Gasteiger charge is -2.32. The highest BCUT2D eigenvalue weighted by molar-refractivity contribution is 7.89. The number of benzene rings is 1. The van der Waals surface area contributed by atoms with Gasteiger partial charge in [-0.1, -0.05) is 0 Å². The molecule has 0 amide bonds. The summed E-state index contributed by atoms with van der Waals surface area (Å²) in [4.78, 5) is 0.0938. The average molecular weight is 259 g/mol. The van der Waals surface area contributed by atoms with E-state index in [0.29, 0.717) is 19.6 Å². The number of hydrogen-bond donors (Lipinski definition) is 0. The number of ether oxygens (including phenoxy) is 1. The third-order valence-electron chi connectivity index (χ3n) is 2.71. The average Bonchev–Trinajstić information content (AvgIpc) is 2.30. The molecule has 0 N–H and O–H groups in total. The summed E-state index contributed by atoms with van der Waals surface area (Å²) in [5, 5.41) is 0. The molecular formula is C11H14FNO3S. The van der Waals surface area contributed by atoms with E-state index in [-0.39, 0.29) is 4.90 Å². The molecule has 1 aromatic carbocycles. The smallest absolute Gasteiger partial charge is 0.245 e. The summed E-state index contributed by atoms with van der Waals surface area (Å²) in [6.07, 6.45) is 0.198. The summed E-state index contributed by atoms with van der Waals surface area (Å²) in [6.45, 7) is 2.69. The van der Waals surface area contributed by atoms with Gasteiger partial charge in [-0.25, -0.2) is 12.8 Å². The number of halogens is 1. The molecule has 17 heavy (non-hydrogen) atoms. The lowest BCUT2D eigenvalue weighted by atomic mass is 10.4. The third kappa shape index (κ3) is 2.48. The van der Waals surface area contributed by atoms with Gasteiger partial charge in [0, 0.05) is 13.2 Å². The zero-order valence-electron chi connectivity index (χ0n) is 9.47. The zero-order valence-corrected chi connectivity index (χ0v) is 10.3. The predicted molar refractivity (Wildman–Crippen MR) is 60.3 cm³/mol. The largest absolute Gasteiger partial charge is 0.362 e. The van der Waals surface area contributed by atoms with Gasteiger partial charge in [0.1, 0.15) is 12.0 Å². The van der Waals surface area contributed by atoms with E-state index in [9.17, 15) is 12.8 Å². The molecule has 94 valence electrons. The highest BCUT2D eigenvalue weighted by Crippen LogP contribution is 2.21. The van der Waals surface area contributed by atoms with E-state index in [4.69, 9.17) is 4.74 Å². The van der Waals surface area contributed by atoms with E-state index in [1.54, 1.807) is 6.92 Å². The first-order chi connectivity index (χ1) is 8.01. The molecule has 2 rings (SSSR count). The Kier molecular flexibility index (Phi) is 3.46. The van der Waals surface area contributed by atoms with Crippen LogP contribution in [0.25, 0.3) is 0 Å². The molecule has 1 atom stereocenters. The van der Waals surface area contributed by atoms with E-state index in [1.165, 1.54) is 16.4 Å². The van der Waals surface area contributed by atoms with Gasteiger partial charge in [0.2, 0.25) is 10.0 Å². The predicted octanol–water partition coefficient (Wildman–Crippen LogP) is 1.58. The minimum absolute atomic E-state index is 0.0938. The van der Waals surface area contributed by atoms with Gasteiger partial charge in [0.25, 0.3) is 0 Å². The Labute approximate surface area is 100 Å². The SMILES string of the molecule is CC1OCCCN1S(=O)(=O)c1ccc(F)cc1. The number of rotatable bonds is 2. The van der Waals surface area contributed by atoms with Crippen LogP contribution < -0.4 is 0 Å². The Morgan fingerprint density at radius 3 is 2.59 bits per heavy atom. The van der Waals surface area contributed by atoms with Gasteiger partial charge in [-0.05, 0) is 37.6 Å². The molecule has 1 heterocycles. The van der Waals surface area contributed by atoms with E-state index < -0.39 is 22.1 Å². The van der Waals surface area contributed by atoms with Crippen LogP contribution in [0.5, 0.6) is 0 Å². The molecule has 0 radical (unpaired) electrons. The van der Waals surface area contributed by atoms with Crippen molar-refractivity contribution >= 4 is 10.0 Å². The molecule has 1 aliphatic heterocycles. The molecule has 1 aliphatic rings. The molecular weight excluding hydrogens is 245 g/mol. The fraction of sp³-hybridized carbons (Fsp3) is 0.455. The lowest BCUT2D eigenvalue weighted by molar-refractivity contribution is -0.0410. The van der Waals surface area contributed by atoms with Crippen LogP contribution >= 0.6 is 0 Å². The van der Waals surface area contributed by atoms with Crippen molar-refractivity contribution in [1.29, 1.82) is 0 Å². The molecule has 0 bridgehead atoms. The van der Waals surface area contributed by atoms with Crippen LogP contribution in [0.15, 0.2) is 29.2 Å². The first-order valence-corrected chi connectivity index (χ1v) is 6.85. The zero-order chi connectivity index (χ0) is 12.5. The van der Waals surface area contributed by atoms with Crippen molar-refractivity contribution in [2.45, 2.75) is 24.5 Å². The first-order valence-electron chi connectivity index (χ1n) is 5.41. The summed E-state index contributed by atoms with van der Waals surface area (Å²) in [5.74, 6) is -0.452. The summed E-state index contributed by atoms with van der Waals surface area (Å²) in [6, 6.07) is 4.82. The van der Waals surface area contributed by atoms with Crippen LogP contribution in [0.4, 0.5) is 4.39 Å². The number of nitrogens with zero attached hydrogens (tertiary/aromatic N) is 1. The number of hydrogen-bond acceptors (Lipinski definition) is 3. The normalized spacial score (nSPS) is 22.6. The minimum Gasteiger partial charge on any atom is -0.362 e. The van der Waals surface area contributed by atoms with Crippen molar-refractivity contribution in [2.24, 2.45) is 0 Å². The van der Waals surface area contributed by atoms with Crippen LogP contribution in [0, 0.1) is 5.82 Å². The van der Waals surface area contributed by atoms with Crippen molar-refractivity contribution in [1.82, 2.24) is 4.31 Å². The van der Waals surface area contributed by atoms with Crippen LogP contribution in [-0.2, 0) is 14.8 Å². The highest BCUT2D eigenvalue weighted by atomic mass is 32.2. The van der Waals surface area contributed by atoms with Crippen molar-refractivity contribution in [3.05, 3.63) is 30.1 Å². The van der Waals surface area contributed by atoms with Gasteiger partial charge < -0.3 is 4.74 Å². The Hall–Kier alpha value is -0.980. The lowest BCUT2D eigenvalue weighted by Crippen LogP contribution is -2.44. The van der Waals surface area contributed by atoms with E-state index >= 15 is 0 Å². The van der Waals surface area contributed by atoms with Gasteiger partial charge in [0.05, 0.1) is 4.90 Å². The summed E-state index contributed by atoms with van der Waals surface area (Å²) in [7, 11) is -3.59. The van der Waals surface area contributed by atoms with Crippen molar-refractivity contribution in [2.75, 3.05) is 13.2 Å². The van der Waals surface area contributed by atoms with E-state index in [0.717, 1.165) is 12.1 Å². The molecule has 0 spiro atoms. The van der Waals surface area contributed by atoms with Crippen LogP contribution in [-0.4, -0.2) is 32.1 Å². The molecule has 1 unspecified atom stereocenters. The molecule has 0 aromatic heterocycles. The summed E-state index contributed by atoms with van der Waals surface area (Å²) in [5.41, 5.74) is 0. The van der Waals surface area contributed by atoms with Gasteiger partial charge in [-0.2, -0.15) is 4.31 Å². The van der Waals surface area contributed by atoms with Crippen LogP contribution in [0.3, 0.4) is 0 Å². The fourth-order valence-electron chi connectivity index (χ4n) is 1.80. The number of sulfonamides is 1. The first kappa shape index (κ1) is 12.5. The molecule has 4 nitrogen and oxygen atoms in total. The Balaban J connectivity index is 2.32. The standard InChI is InChI=1S/C11H14FNO3S/c1-9-13(7-2-8-16-9)17(14,15)11-5-3-10(12)4-6-11/h3-6,9H,2,7-8H2,1H3. The Morgan fingerprint density at radius 1 is 1.35 bits per heavy atom. The molecule has 1 aromatic rings. The minimum atomic E-state index is -3.59. The molecule has 0 saturated carbocycles. The highest BCUT2D eigenvalue weighted by Gasteiger charge is 2.31. The maximum absolute atomic E-state index is 12.8.